The minimum atomic E-state index is 0.0213. The molecule has 0 N–H and O–H groups in total. The number of pyridine rings is 1. The molecule has 0 atom stereocenters. The lowest BCUT2D eigenvalue weighted by atomic mass is 10.1. The number of fused-ring (bicyclic) bond motifs is 1. The van der Waals surface area contributed by atoms with Gasteiger partial charge in [0.15, 0.2) is 5.13 Å². The third-order valence-electron chi connectivity index (χ3n) is 4.63. The number of carbonyl (C=O) groups excluding carboxylic acids is 1. The summed E-state index contributed by atoms with van der Waals surface area (Å²) in [6.07, 6.45) is 2.09. The second kappa shape index (κ2) is 7.90. The van der Waals surface area contributed by atoms with Crippen LogP contribution in [0.25, 0.3) is 10.2 Å². The van der Waals surface area contributed by atoms with Crippen molar-refractivity contribution in [2.75, 3.05) is 4.90 Å². The minimum absolute atomic E-state index is 0.0213. The van der Waals surface area contributed by atoms with Crippen molar-refractivity contribution < 1.29 is 4.79 Å². The normalized spacial score (nSPS) is 10.9. The van der Waals surface area contributed by atoms with Gasteiger partial charge in [-0.25, -0.2) is 4.98 Å². The third kappa shape index (κ3) is 3.94. The number of aromatic nitrogens is 2. The first-order chi connectivity index (χ1) is 13.6. The van der Waals surface area contributed by atoms with Crippen LogP contribution < -0.4 is 4.90 Å². The number of para-hydroxylation sites is 1. The Morgan fingerprint density at radius 3 is 2.64 bits per heavy atom. The number of amides is 1. The number of carbonyl (C=O) groups is 1. The van der Waals surface area contributed by atoms with Crippen LogP contribution in [-0.2, 0) is 17.8 Å². The van der Waals surface area contributed by atoms with Gasteiger partial charge in [0.1, 0.15) is 0 Å². The monoisotopic (exact) mass is 387 g/mol. The van der Waals surface area contributed by atoms with Gasteiger partial charge in [-0.3, -0.25) is 14.7 Å². The molecule has 0 radical (unpaired) electrons. The molecule has 2 aromatic carbocycles. The largest absolute Gasteiger partial charge is 0.282 e. The molecule has 4 nitrogen and oxygen atoms in total. The van der Waals surface area contributed by atoms with Gasteiger partial charge in [0.2, 0.25) is 5.91 Å². The number of nitrogens with zero attached hydrogens (tertiary/aromatic N) is 3. The maximum absolute atomic E-state index is 13.3. The van der Waals surface area contributed by atoms with E-state index < -0.39 is 0 Å². The van der Waals surface area contributed by atoms with Crippen LogP contribution in [0.2, 0.25) is 0 Å². The van der Waals surface area contributed by atoms with Gasteiger partial charge in [0, 0.05) is 6.20 Å². The zero-order valence-electron chi connectivity index (χ0n) is 15.9. The van der Waals surface area contributed by atoms with Crippen LogP contribution in [0, 0.1) is 13.8 Å². The molecule has 0 unspecified atom stereocenters. The Morgan fingerprint density at radius 2 is 1.89 bits per heavy atom. The molecule has 0 aliphatic carbocycles. The summed E-state index contributed by atoms with van der Waals surface area (Å²) in [5.74, 6) is 0.0213. The molecule has 0 aliphatic heterocycles. The van der Waals surface area contributed by atoms with Gasteiger partial charge in [0.25, 0.3) is 0 Å². The lowest BCUT2D eigenvalue weighted by molar-refractivity contribution is -0.118. The highest BCUT2D eigenvalue weighted by Gasteiger charge is 2.21. The maximum Gasteiger partial charge on any atom is 0.233 e. The lowest BCUT2D eigenvalue weighted by Gasteiger charge is -2.19. The molecule has 4 rings (SSSR count). The number of benzene rings is 2. The molecule has 2 heterocycles. The molecule has 28 heavy (non-hydrogen) atoms. The zero-order valence-corrected chi connectivity index (χ0v) is 16.7. The van der Waals surface area contributed by atoms with E-state index in [9.17, 15) is 4.79 Å². The fraction of sp³-hybridized carbons (Fsp3) is 0.174. The summed E-state index contributed by atoms with van der Waals surface area (Å²) in [6, 6.07) is 19.9. The first-order valence-electron chi connectivity index (χ1n) is 9.22. The van der Waals surface area contributed by atoms with Gasteiger partial charge in [-0.05, 0) is 43.2 Å². The van der Waals surface area contributed by atoms with Crippen LogP contribution in [0.1, 0.15) is 22.4 Å². The van der Waals surface area contributed by atoms with Crippen molar-refractivity contribution in [3.8, 4) is 0 Å². The Balaban J connectivity index is 1.70. The van der Waals surface area contributed by atoms with E-state index in [0.29, 0.717) is 18.1 Å². The van der Waals surface area contributed by atoms with Crippen LogP contribution in [0.15, 0.2) is 66.9 Å². The van der Waals surface area contributed by atoms with E-state index in [1.54, 1.807) is 22.4 Å². The second-order valence-electron chi connectivity index (χ2n) is 6.88. The summed E-state index contributed by atoms with van der Waals surface area (Å²) in [4.78, 5) is 24.2. The van der Waals surface area contributed by atoms with E-state index in [2.05, 4.69) is 11.1 Å². The Morgan fingerprint density at radius 1 is 1.04 bits per heavy atom. The van der Waals surface area contributed by atoms with E-state index in [1.165, 1.54) is 0 Å². The Kier molecular flexibility index (Phi) is 5.17. The standard InChI is InChI=1S/C23H21N3OS/c1-16-7-5-9-18(13-16)14-21(27)26(15-19-10-3-4-12-24-19)23-25-22-17(2)8-6-11-20(22)28-23/h3-13H,14-15H2,1-2H3. The van der Waals surface area contributed by atoms with Crippen molar-refractivity contribution in [3.63, 3.8) is 0 Å². The Labute approximate surface area is 168 Å². The molecule has 0 bridgehead atoms. The van der Waals surface area contributed by atoms with Crippen LogP contribution in [0.4, 0.5) is 5.13 Å². The number of aryl methyl sites for hydroxylation is 2. The fourth-order valence-electron chi connectivity index (χ4n) is 3.20. The number of thiazole rings is 1. The predicted octanol–water partition coefficient (Wildman–Crippen LogP) is 5.08. The average Bonchev–Trinajstić information content (AvgIpc) is 3.12. The highest BCUT2D eigenvalue weighted by atomic mass is 32.1. The van der Waals surface area contributed by atoms with Gasteiger partial charge in [0.05, 0.1) is 28.9 Å². The molecule has 4 aromatic rings. The van der Waals surface area contributed by atoms with E-state index in [-0.39, 0.29) is 5.91 Å². The van der Waals surface area contributed by atoms with Crippen LogP contribution in [-0.4, -0.2) is 15.9 Å². The third-order valence-corrected chi connectivity index (χ3v) is 5.67. The zero-order chi connectivity index (χ0) is 19.5. The molecule has 0 saturated carbocycles. The fourth-order valence-corrected chi connectivity index (χ4v) is 4.26. The predicted molar refractivity (Wildman–Crippen MR) is 115 cm³/mol. The Hall–Kier alpha value is -3.05. The van der Waals surface area contributed by atoms with Crippen molar-refractivity contribution in [2.24, 2.45) is 0 Å². The molecule has 0 spiro atoms. The molecule has 2 aromatic heterocycles. The molecule has 0 aliphatic rings. The van der Waals surface area contributed by atoms with E-state index in [4.69, 9.17) is 4.98 Å². The molecule has 5 heteroatoms. The summed E-state index contributed by atoms with van der Waals surface area (Å²) < 4.78 is 1.09. The summed E-state index contributed by atoms with van der Waals surface area (Å²) >= 11 is 1.55. The Bertz CT molecular complexity index is 1120. The molecule has 140 valence electrons. The van der Waals surface area contributed by atoms with Gasteiger partial charge in [-0.1, -0.05) is 59.4 Å². The summed E-state index contributed by atoms with van der Waals surface area (Å²) in [5, 5.41) is 0.715. The van der Waals surface area contributed by atoms with Crippen molar-refractivity contribution >= 4 is 32.6 Å². The summed E-state index contributed by atoms with van der Waals surface area (Å²) in [6.45, 7) is 4.49. The van der Waals surface area contributed by atoms with Crippen molar-refractivity contribution in [2.45, 2.75) is 26.8 Å². The number of anilines is 1. The summed E-state index contributed by atoms with van der Waals surface area (Å²) in [5.41, 5.74) is 5.07. The van der Waals surface area contributed by atoms with Crippen molar-refractivity contribution in [1.82, 2.24) is 9.97 Å². The van der Waals surface area contributed by atoms with E-state index in [0.717, 1.165) is 32.6 Å². The smallest absolute Gasteiger partial charge is 0.233 e. The molecular formula is C23H21N3OS. The van der Waals surface area contributed by atoms with E-state index in [1.807, 2.05) is 68.4 Å². The van der Waals surface area contributed by atoms with Crippen molar-refractivity contribution in [1.29, 1.82) is 0 Å². The first kappa shape index (κ1) is 18.3. The second-order valence-corrected chi connectivity index (χ2v) is 7.89. The first-order valence-corrected chi connectivity index (χ1v) is 10.0. The van der Waals surface area contributed by atoms with Crippen LogP contribution in [0.3, 0.4) is 0 Å². The number of hydrogen-bond donors (Lipinski definition) is 0. The molecule has 1 amide bonds. The highest BCUT2D eigenvalue weighted by molar-refractivity contribution is 7.22. The average molecular weight is 388 g/mol. The molecule has 0 saturated heterocycles. The molecule has 0 fully saturated rings. The number of rotatable bonds is 5. The minimum Gasteiger partial charge on any atom is -0.282 e. The quantitative estimate of drug-likeness (QED) is 0.479. The van der Waals surface area contributed by atoms with Gasteiger partial charge < -0.3 is 0 Å². The van der Waals surface area contributed by atoms with Crippen LogP contribution >= 0.6 is 11.3 Å². The van der Waals surface area contributed by atoms with Gasteiger partial charge in [-0.15, -0.1) is 0 Å². The van der Waals surface area contributed by atoms with E-state index >= 15 is 0 Å². The maximum atomic E-state index is 13.3. The van der Waals surface area contributed by atoms with Crippen molar-refractivity contribution in [3.05, 3.63) is 89.2 Å². The van der Waals surface area contributed by atoms with Gasteiger partial charge >= 0.3 is 0 Å². The lowest BCUT2D eigenvalue weighted by Crippen LogP contribution is -2.32. The number of hydrogen-bond acceptors (Lipinski definition) is 4. The van der Waals surface area contributed by atoms with Crippen LogP contribution in [0.5, 0.6) is 0 Å². The molecular weight excluding hydrogens is 366 g/mol. The topological polar surface area (TPSA) is 46.1 Å². The highest BCUT2D eigenvalue weighted by Crippen LogP contribution is 2.31. The summed E-state index contributed by atoms with van der Waals surface area (Å²) in [7, 11) is 0. The SMILES string of the molecule is Cc1cccc(CC(=O)N(Cc2ccccn2)c2nc3c(C)cccc3s2)c1. The van der Waals surface area contributed by atoms with Gasteiger partial charge in [-0.2, -0.15) is 0 Å².